The Hall–Kier alpha value is -8.19. The minimum Gasteiger partial charge on any atom is -0.278 e. The van der Waals surface area contributed by atoms with Crippen LogP contribution in [0.4, 0.5) is 0 Å². The van der Waals surface area contributed by atoms with Gasteiger partial charge in [0.05, 0.1) is 56.3 Å². The van der Waals surface area contributed by atoms with Crippen molar-refractivity contribution in [2.24, 2.45) is 0 Å². The van der Waals surface area contributed by atoms with Crippen molar-refractivity contribution >= 4 is 72.4 Å². The Balaban J connectivity index is 1.32. The standard InChI is InChI=1S/C58H41N5Si/c1-40-34-36-45(37-35-40)64(44-22-6-3-7-23-44,46-24-16-20-42(38-46)41-18-4-2-5-19-41)47-25-17-21-43(39-47)56-59-57(62-52-30-12-8-26-48(52)49-27-9-13-31-53(49)62)61-58(60-56)63-54-32-14-10-28-50(54)51-29-11-15-33-55(51)63/h2-39H,1H3/i2D,4D,5D,8D,9D,10D,11D,12D,13D,14D,15D,17D,18D,19D,21D,25D,26D,27D,28D,29D,30D,31D,32D,33D,39D. The van der Waals surface area contributed by atoms with E-state index in [0.29, 0.717) is 15.6 Å². The summed E-state index contributed by atoms with van der Waals surface area (Å²) in [6, 6.07) is 3.12. The number of benzene rings is 9. The van der Waals surface area contributed by atoms with E-state index in [4.69, 9.17) is 32.8 Å². The summed E-state index contributed by atoms with van der Waals surface area (Å²) in [4.78, 5) is 14.4. The van der Waals surface area contributed by atoms with Gasteiger partial charge in [-0.05, 0) is 63.0 Å². The molecular formula is C58H41N5Si. The highest BCUT2D eigenvalue weighted by atomic mass is 28.3. The zero-order chi connectivity index (χ0) is 64.4. The van der Waals surface area contributed by atoms with Crippen molar-refractivity contribution in [2.75, 3.05) is 0 Å². The van der Waals surface area contributed by atoms with Gasteiger partial charge in [-0.1, -0.05) is 211 Å². The summed E-state index contributed by atoms with van der Waals surface area (Å²) in [6.07, 6.45) is 0. The summed E-state index contributed by atoms with van der Waals surface area (Å²) < 4.78 is 230. The van der Waals surface area contributed by atoms with Gasteiger partial charge in [0, 0.05) is 27.1 Å². The van der Waals surface area contributed by atoms with E-state index in [1.807, 2.05) is 6.92 Å². The lowest BCUT2D eigenvalue weighted by molar-refractivity contribution is 0.893. The number of hydrogen-bond acceptors (Lipinski definition) is 3. The Labute approximate surface area is 407 Å². The minimum atomic E-state index is -4.50. The largest absolute Gasteiger partial charge is 0.278 e. The van der Waals surface area contributed by atoms with Crippen molar-refractivity contribution in [3.8, 4) is 34.4 Å². The molecule has 9 aromatic carbocycles. The molecule has 0 N–H and O–H groups in total. The highest BCUT2D eigenvalue weighted by Crippen LogP contribution is 2.34. The number of aryl methyl sites for hydroxylation is 1. The molecule has 1 unspecified atom stereocenters. The number of nitrogens with zero attached hydrogens (tertiary/aromatic N) is 5. The maximum absolute atomic E-state index is 10.7. The normalized spacial score (nSPS) is 18.0. The number of para-hydroxylation sites is 4. The molecule has 0 amide bonds. The van der Waals surface area contributed by atoms with Crippen LogP contribution in [0.5, 0.6) is 0 Å². The molecule has 12 aromatic rings. The molecule has 0 aliphatic heterocycles. The first kappa shape index (κ1) is 19.9. The number of rotatable bonds is 8. The molecule has 1 atom stereocenters. The van der Waals surface area contributed by atoms with Crippen LogP contribution in [0.1, 0.15) is 39.8 Å². The fourth-order valence-corrected chi connectivity index (χ4v) is 12.8. The molecule has 0 aliphatic rings. The Morgan fingerprint density at radius 2 is 0.875 bits per heavy atom. The quantitative estimate of drug-likeness (QED) is 0.113. The Morgan fingerprint density at radius 1 is 0.391 bits per heavy atom. The van der Waals surface area contributed by atoms with Crippen molar-refractivity contribution in [1.82, 2.24) is 24.1 Å². The summed E-state index contributed by atoms with van der Waals surface area (Å²) in [5.74, 6) is -2.40. The average Bonchev–Trinajstić information content (AvgIpc) is 1.69. The van der Waals surface area contributed by atoms with Crippen LogP contribution in [0.2, 0.25) is 0 Å². The van der Waals surface area contributed by atoms with Crippen molar-refractivity contribution in [3.63, 3.8) is 0 Å². The maximum atomic E-state index is 10.7. The molecule has 6 heteroatoms. The molecule has 0 fully saturated rings. The van der Waals surface area contributed by atoms with Crippen LogP contribution in [-0.2, 0) is 0 Å². The average molecular weight is 861 g/mol. The molecule has 5 nitrogen and oxygen atoms in total. The molecule has 0 saturated carbocycles. The number of aromatic nitrogens is 5. The van der Waals surface area contributed by atoms with Crippen LogP contribution in [-0.4, -0.2) is 32.2 Å². The van der Waals surface area contributed by atoms with Crippen LogP contribution in [0.25, 0.3) is 78.0 Å². The zero-order valence-electron chi connectivity index (χ0n) is 58.2. The molecule has 0 saturated heterocycles. The first-order chi connectivity index (χ1) is 42.0. The van der Waals surface area contributed by atoms with Crippen LogP contribution < -0.4 is 20.7 Å². The van der Waals surface area contributed by atoms with E-state index in [-0.39, 0.29) is 16.3 Å². The van der Waals surface area contributed by atoms with Gasteiger partial charge in [0.1, 0.15) is 0 Å². The second-order valence-corrected chi connectivity index (χ2v) is 18.4. The summed E-state index contributed by atoms with van der Waals surface area (Å²) in [6.45, 7) is 1.83. The summed E-state index contributed by atoms with van der Waals surface area (Å²) in [5.41, 5.74) is -2.07. The lowest BCUT2D eigenvalue weighted by Crippen LogP contribution is -2.74. The molecule has 12 rings (SSSR count). The smallest absolute Gasteiger partial charge is 0.240 e. The van der Waals surface area contributed by atoms with E-state index in [1.165, 1.54) is 6.07 Å². The van der Waals surface area contributed by atoms with E-state index in [1.54, 1.807) is 72.8 Å². The van der Waals surface area contributed by atoms with Crippen LogP contribution in [0.3, 0.4) is 0 Å². The highest BCUT2D eigenvalue weighted by Gasteiger charge is 2.42. The Kier molecular flexibility index (Phi) is 4.76. The van der Waals surface area contributed by atoms with E-state index >= 15 is 0 Å². The second-order valence-electron chi connectivity index (χ2n) is 14.6. The van der Waals surface area contributed by atoms with Gasteiger partial charge < -0.3 is 0 Å². The van der Waals surface area contributed by atoms with E-state index in [0.717, 1.165) is 14.7 Å². The van der Waals surface area contributed by atoms with Crippen LogP contribution in [0, 0.1) is 6.92 Å². The second kappa shape index (κ2) is 15.3. The van der Waals surface area contributed by atoms with E-state index in [2.05, 4.69) is 0 Å². The Bertz CT molecular complexity index is 4810. The van der Waals surface area contributed by atoms with E-state index < -0.39 is 226 Å². The third kappa shape index (κ3) is 6.03. The topological polar surface area (TPSA) is 48.5 Å². The molecular weight excluding hydrogens is 795 g/mol. The summed E-state index contributed by atoms with van der Waals surface area (Å²) >= 11 is 0. The molecule has 3 heterocycles. The molecule has 302 valence electrons. The van der Waals surface area contributed by atoms with Crippen molar-refractivity contribution < 1.29 is 34.3 Å². The fraction of sp³-hybridized carbons (Fsp3) is 0.0172. The third-order valence-electron chi connectivity index (χ3n) is 11.1. The number of fused-ring (bicyclic) bond motifs is 6. The van der Waals surface area contributed by atoms with Gasteiger partial charge in [-0.15, -0.1) is 0 Å². The summed E-state index contributed by atoms with van der Waals surface area (Å²) in [5, 5.41) is -0.710. The van der Waals surface area contributed by atoms with Crippen molar-refractivity contribution in [2.45, 2.75) is 6.92 Å². The molecule has 0 spiro atoms. The predicted molar refractivity (Wildman–Crippen MR) is 268 cm³/mol. The third-order valence-corrected chi connectivity index (χ3v) is 15.7. The summed E-state index contributed by atoms with van der Waals surface area (Å²) in [7, 11) is -4.50. The van der Waals surface area contributed by atoms with Gasteiger partial charge in [-0.3, -0.25) is 9.13 Å². The molecule has 0 aliphatic carbocycles. The van der Waals surface area contributed by atoms with Gasteiger partial charge in [-0.25, -0.2) is 0 Å². The Morgan fingerprint density at radius 3 is 1.44 bits per heavy atom. The van der Waals surface area contributed by atoms with Gasteiger partial charge >= 0.3 is 0 Å². The molecule has 3 aromatic heterocycles. The van der Waals surface area contributed by atoms with Gasteiger partial charge in [0.15, 0.2) is 13.9 Å². The predicted octanol–water partition coefficient (Wildman–Crippen LogP) is 11.1. The first-order valence-electron chi connectivity index (χ1n) is 32.2. The van der Waals surface area contributed by atoms with Crippen molar-refractivity contribution in [3.05, 3.63) is 235 Å². The van der Waals surface area contributed by atoms with Crippen molar-refractivity contribution in [1.29, 1.82) is 0 Å². The van der Waals surface area contributed by atoms with Crippen LogP contribution >= 0.6 is 0 Å². The fourth-order valence-electron chi connectivity index (χ4n) is 8.28. The number of hydrogen-bond donors (Lipinski definition) is 0. The SMILES string of the molecule is [2H]c1c([2H])c([2H])c(-c2cccc([Si](c3ccccc3)(c3ccc(C)cc3)c3c([2H])c([2H])c([2H])c(-c4nc(-n5c6c([2H])c([2H])c([2H])c([2H])c6c6c([2H])c([2H])c([2H])c([2H])c65)nc(-n5c6c([2H])c([2H])c([2H])c([2H])c6c6c([2H])c([2H])c([2H])c([2H])c65)n4)c3[2H])c2)c([2H])c1[2H]. The van der Waals surface area contributed by atoms with Gasteiger partial charge in [0.2, 0.25) is 11.9 Å². The maximum Gasteiger partial charge on any atom is 0.240 e. The monoisotopic (exact) mass is 860 g/mol. The lowest BCUT2D eigenvalue weighted by atomic mass is 10.1. The zero-order valence-corrected chi connectivity index (χ0v) is 34.2. The lowest BCUT2D eigenvalue weighted by Gasteiger charge is -2.35. The molecule has 64 heavy (non-hydrogen) atoms. The van der Waals surface area contributed by atoms with Crippen LogP contribution in [0.15, 0.2) is 230 Å². The van der Waals surface area contributed by atoms with Gasteiger partial charge in [-0.2, -0.15) is 15.0 Å². The minimum absolute atomic E-state index is 0.136. The molecule has 0 bridgehead atoms. The molecule has 0 radical (unpaired) electrons. The van der Waals surface area contributed by atoms with E-state index in [9.17, 15) is 16.4 Å². The first-order valence-corrected chi connectivity index (χ1v) is 21.7. The van der Waals surface area contributed by atoms with Gasteiger partial charge in [0.25, 0.3) is 0 Å². The highest BCUT2D eigenvalue weighted by molar-refractivity contribution is 7.20.